The van der Waals surface area contributed by atoms with Gasteiger partial charge in [0.25, 0.3) is 0 Å². The van der Waals surface area contributed by atoms with Crippen LogP contribution in [0.1, 0.15) is 12.5 Å². The molecule has 0 saturated heterocycles. The molecule has 4 nitrogen and oxygen atoms in total. The maximum atomic E-state index is 12.2. The van der Waals surface area contributed by atoms with Crippen molar-refractivity contribution in [2.75, 3.05) is 11.9 Å². The molecule has 2 N–H and O–H groups in total. The lowest BCUT2D eigenvalue weighted by Gasteiger charge is -2.13. The standard InChI is InChI=1S/C15H17BrN2O2S/c1-2-18-21(19,20)15-10-6-5-9-14(15)17-11-12-7-3-4-8-13(12)16/h3-10,17-18H,2,11H2,1H3. The van der Waals surface area contributed by atoms with Crippen LogP contribution in [0.5, 0.6) is 0 Å². The molecule has 2 rings (SSSR count). The normalized spacial score (nSPS) is 11.3. The number of sulfonamides is 1. The van der Waals surface area contributed by atoms with E-state index < -0.39 is 10.0 Å². The van der Waals surface area contributed by atoms with Gasteiger partial charge < -0.3 is 5.32 Å². The largest absolute Gasteiger partial charge is 0.380 e. The molecule has 2 aromatic rings. The Hall–Kier alpha value is -1.37. The molecule has 0 spiro atoms. The highest BCUT2D eigenvalue weighted by Gasteiger charge is 2.16. The molecule has 0 aliphatic carbocycles. The van der Waals surface area contributed by atoms with Gasteiger partial charge in [0.1, 0.15) is 4.90 Å². The van der Waals surface area contributed by atoms with Crippen molar-refractivity contribution in [3.63, 3.8) is 0 Å². The third-order valence-corrected chi connectivity index (χ3v) is 5.32. The predicted molar refractivity (Wildman–Crippen MR) is 88.8 cm³/mol. The number of rotatable bonds is 6. The van der Waals surface area contributed by atoms with Crippen LogP contribution in [0.15, 0.2) is 57.9 Å². The fourth-order valence-corrected chi connectivity index (χ4v) is 3.59. The van der Waals surface area contributed by atoms with Crippen LogP contribution >= 0.6 is 15.9 Å². The monoisotopic (exact) mass is 368 g/mol. The van der Waals surface area contributed by atoms with E-state index in [-0.39, 0.29) is 4.90 Å². The van der Waals surface area contributed by atoms with Gasteiger partial charge in [-0.15, -0.1) is 0 Å². The number of para-hydroxylation sites is 1. The van der Waals surface area contributed by atoms with E-state index >= 15 is 0 Å². The van der Waals surface area contributed by atoms with Gasteiger partial charge in [-0.25, -0.2) is 13.1 Å². The van der Waals surface area contributed by atoms with Gasteiger partial charge in [-0.05, 0) is 23.8 Å². The lowest BCUT2D eigenvalue weighted by Crippen LogP contribution is -2.24. The van der Waals surface area contributed by atoms with Gasteiger partial charge in [0.2, 0.25) is 10.0 Å². The molecular formula is C15H17BrN2O2S. The van der Waals surface area contributed by atoms with Gasteiger partial charge in [0.05, 0.1) is 5.69 Å². The molecule has 0 saturated carbocycles. The van der Waals surface area contributed by atoms with Crippen molar-refractivity contribution < 1.29 is 8.42 Å². The maximum absolute atomic E-state index is 12.2. The van der Waals surface area contributed by atoms with Crippen LogP contribution in [0.2, 0.25) is 0 Å². The van der Waals surface area contributed by atoms with E-state index in [4.69, 9.17) is 0 Å². The van der Waals surface area contributed by atoms with Crippen LogP contribution in [0.3, 0.4) is 0 Å². The number of nitrogens with one attached hydrogen (secondary N) is 2. The Morgan fingerprint density at radius 3 is 2.43 bits per heavy atom. The first-order valence-corrected chi connectivity index (χ1v) is 8.88. The van der Waals surface area contributed by atoms with Crippen molar-refractivity contribution >= 4 is 31.6 Å². The summed E-state index contributed by atoms with van der Waals surface area (Å²) >= 11 is 3.48. The topological polar surface area (TPSA) is 58.2 Å². The van der Waals surface area contributed by atoms with Crippen LogP contribution < -0.4 is 10.0 Å². The molecule has 0 aliphatic rings. The van der Waals surface area contributed by atoms with Crippen molar-refractivity contribution in [1.82, 2.24) is 4.72 Å². The summed E-state index contributed by atoms with van der Waals surface area (Å²) in [5, 5.41) is 3.19. The van der Waals surface area contributed by atoms with E-state index in [0.29, 0.717) is 18.8 Å². The summed E-state index contributed by atoms with van der Waals surface area (Å²) in [6.45, 7) is 2.66. The molecule has 0 bridgehead atoms. The van der Waals surface area contributed by atoms with Crippen molar-refractivity contribution in [3.8, 4) is 0 Å². The van der Waals surface area contributed by atoms with Crippen LogP contribution in [0.25, 0.3) is 0 Å². The Balaban J connectivity index is 2.24. The third-order valence-electron chi connectivity index (χ3n) is 2.94. The van der Waals surface area contributed by atoms with E-state index in [9.17, 15) is 8.42 Å². The zero-order valence-corrected chi connectivity index (χ0v) is 14.0. The molecule has 6 heteroatoms. The zero-order valence-electron chi connectivity index (χ0n) is 11.6. The summed E-state index contributed by atoms with van der Waals surface area (Å²) in [4.78, 5) is 0.263. The lowest BCUT2D eigenvalue weighted by atomic mass is 10.2. The van der Waals surface area contributed by atoms with Crippen molar-refractivity contribution in [2.45, 2.75) is 18.4 Å². The predicted octanol–water partition coefficient (Wildman–Crippen LogP) is 3.36. The summed E-state index contributed by atoms with van der Waals surface area (Å²) in [7, 11) is -3.48. The van der Waals surface area contributed by atoms with Crippen LogP contribution in [0, 0.1) is 0 Å². The van der Waals surface area contributed by atoms with E-state index in [1.165, 1.54) is 0 Å². The SMILES string of the molecule is CCNS(=O)(=O)c1ccccc1NCc1ccccc1Br. The van der Waals surface area contributed by atoms with Gasteiger partial charge in [-0.1, -0.05) is 53.2 Å². The minimum atomic E-state index is -3.48. The number of halogens is 1. The molecule has 2 aromatic carbocycles. The molecule has 0 heterocycles. The molecule has 0 aromatic heterocycles. The highest BCUT2D eigenvalue weighted by atomic mass is 79.9. The van der Waals surface area contributed by atoms with Gasteiger partial charge in [0.15, 0.2) is 0 Å². The number of benzene rings is 2. The van der Waals surface area contributed by atoms with E-state index in [2.05, 4.69) is 26.0 Å². The number of hydrogen-bond donors (Lipinski definition) is 2. The van der Waals surface area contributed by atoms with Crippen molar-refractivity contribution in [2.24, 2.45) is 0 Å². The summed E-state index contributed by atoms with van der Waals surface area (Å²) in [5.74, 6) is 0. The molecular weight excluding hydrogens is 352 g/mol. The van der Waals surface area contributed by atoms with E-state index in [1.54, 1.807) is 25.1 Å². The molecule has 0 unspecified atom stereocenters. The minimum Gasteiger partial charge on any atom is -0.380 e. The van der Waals surface area contributed by atoms with Crippen LogP contribution in [-0.2, 0) is 16.6 Å². The second-order valence-electron chi connectivity index (χ2n) is 4.44. The molecule has 0 fully saturated rings. The fourth-order valence-electron chi connectivity index (χ4n) is 1.95. The zero-order chi connectivity index (χ0) is 15.3. The van der Waals surface area contributed by atoms with Gasteiger partial charge in [-0.2, -0.15) is 0 Å². The van der Waals surface area contributed by atoms with Crippen LogP contribution in [-0.4, -0.2) is 15.0 Å². The third kappa shape index (κ3) is 4.06. The first-order chi connectivity index (χ1) is 10.0. The Labute approximate surface area is 133 Å². The second kappa shape index (κ2) is 7.06. The summed E-state index contributed by atoms with van der Waals surface area (Å²) in [6.07, 6.45) is 0. The van der Waals surface area contributed by atoms with Crippen molar-refractivity contribution in [1.29, 1.82) is 0 Å². The van der Waals surface area contributed by atoms with E-state index in [0.717, 1.165) is 10.0 Å². The van der Waals surface area contributed by atoms with Crippen LogP contribution in [0.4, 0.5) is 5.69 Å². The molecule has 0 amide bonds. The highest BCUT2D eigenvalue weighted by molar-refractivity contribution is 9.10. The van der Waals surface area contributed by atoms with Gasteiger partial charge in [0, 0.05) is 17.6 Å². The Morgan fingerprint density at radius 1 is 1.05 bits per heavy atom. The Kier molecular flexibility index (Phi) is 5.39. The van der Waals surface area contributed by atoms with Crippen molar-refractivity contribution in [3.05, 3.63) is 58.6 Å². The highest BCUT2D eigenvalue weighted by Crippen LogP contribution is 2.23. The molecule has 0 atom stereocenters. The average molecular weight is 369 g/mol. The summed E-state index contributed by atoms with van der Waals surface area (Å²) in [6, 6.07) is 14.7. The Morgan fingerprint density at radius 2 is 1.71 bits per heavy atom. The molecule has 112 valence electrons. The average Bonchev–Trinajstić information content (AvgIpc) is 2.47. The smallest absolute Gasteiger partial charge is 0.242 e. The fraction of sp³-hybridized carbons (Fsp3) is 0.200. The lowest BCUT2D eigenvalue weighted by molar-refractivity contribution is 0.584. The summed E-state index contributed by atoms with van der Waals surface area (Å²) in [5.41, 5.74) is 1.65. The second-order valence-corrected chi connectivity index (χ2v) is 7.03. The Bertz CT molecular complexity index is 717. The summed E-state index contributed by atoms with van der Waals surface area (Å²) < 4.78 is 27.8. The van der Waals surface area contributed by atoms with E-state index in [1.807, 2.05) is 30.3 Å². The maximum Gasteiger partial charge on any atom is 0.242 e. The first-order valence-electron chi connectivity index (χ1n) is 6.60. The quantitative estimate of drug-likeness (QED) is 0.821. The van der Waals surface area contributed by atoms with Gasteiger partial charge >= 0.3 is 0 Å². The van der Waals surface area contributed by atoms with Gasteiger partial charge in [-0.3, -0.25) is 0 Å². The molecule has 0 radical (unpaired) electrons. The molecule has 21 heavy (non-hydrogen) atoms. The minimum absolute atomic E-state index is 0.263. The molecule has 0 aliphatic heterocycles. The number of anilines is 1. The number of hydrogen-bond acceptors (Lipinski definition) is 3. The first kappa shape index (κ1) is 16.0.